The first kappa shape index (κ1) is 12.9. The van der Waals surface area contributed by atoms with Gasteiger partial charge in [0.1, 0.15) is 0 Å². The van der Waals surface area contributed by atoms with Crippen molar-refractivity contribution >= 4 is 0 Å². The van der Waals surface area contributed by atoms with Crippen LogP contribution in [0.1, 0.15) is 25.7 Å². The van der Waals surface area contributed by atoms with E-state index in [1.54, 1.807) is 0 Å². The fraction of sp³-hybridized carbons (Fsp3) is 1.00. The van der Waals surface area contributed by atoms with Gasteiger partial charge in [-0.15, -0.1) is 0 Å². The molecule has 4 nitrogen and oxygen atoms in total. The molecule has 1 aliphatic carbocycles. The number of methoxy groups -OCH3 is 1. The van der Waals surface area contributed by atoms with Crippen LogP contribution in [0, 0.1) is 0 Å². The molecule has 3 fully saturated rings. The predicted molar refractivity (Wildman–Crippen MR) is 72.9 cm³/mol. The summed E-state index contributed by atoms with van der Waals surface area (Å²) in [5, 5.41) is 3.37. The molecule has 2 aliphatic heterocycles. The molecule has 2 saturated heterocycles. The Morgan fingerprint density at radius 1 is 0.944 bits per heavy atom. The second-order valence-electron chi connectivity index (χ2n) is 6.06. The van der Waals surface area contributed by atoms with Gasteiger partial charge in [0.05, 0.1) is 6.10 Å². The van der Waals surface area contributed by atoms with E-state index in [0.29, 0.717) is 6.10 Å². The van der Waals surface area contributed by atoms with E-state index >= 15 is 0 Å². The maximum atomic E-state index is 5.55. The first-order valence-electron chi connectivity index (χ1n) is 7.58. The van der Waals surface area contributed by atoms with E-state index in [1.807, 2.05) is 7.11 Å². The second kappa shape index (κ2) is 5.87. The van der Waals surface area contributed by atoms with E-state index in [4.69, 9.17) is 4.74 Å². The highest BCUT2D eigenvalue weighted by atomic mass is 16.5. The third-order valence-electron chi connectivity index (χ3n) is 5.07. The van der Waals surface area contributed by atoms with Crippen molar-refractivity contribution in [1.82, 2.24) is 15.1 Å². The lowest BCUT2D eigenvalue weighted by atomic mass is 9.91. The molecule has 4 heteroatoms. The third kappa shape index (κ3) is 2.72. The molecule has 0 radical (unpaired) electrons. The summed E-state index contributed by atoms with van der Waals surface area (Å²) in [4.78, 5) is 5.39. The van der Waals surface area contributed by atoms with Crippen molar-refractivity contribution < 1.29 is 4.74 Å². The lowest BCUT2D eigenvalue weighted by Crippen LogP contribution is -2.62. The summed E-state index contributed by atoms with van der Waals surface area (Å²) in [7, 11) is 1.87. The van der Waals surface area contributed by atoms with Crippen molar-refractivity contribution in [3.8, 4) is 0 Å². The summed E-state index contributed by atoms with van der Waals surface area (Å²) in [6.45, 7) is 7.46. The van der Waals surface area contributed by atoms with Gasteiger partial charge in [-0.1, -0.05) is 0 Å². The summed E-state index contributed by atoms with van der Waals surface area (Å²) < 4.78 is 5.55. The molecule has 18 heavy (non-hydrogen) atoms. The highest BCUT2D eigenvalue weighted by Gasteiger charge is 2.32. The van der Waals surface area contributed by atoms with Gasteiger partial charge in [0.25, 0.3) is 0 Å². The maximum Gasteiger partial charge on any atom is 0.0586 e. The van der Waals surface area contributed by atoms with Crippen molar-refractivity contribution in [2.45, 2.75) is 43.9 Å². The number of nitrogens with zero attached hydrogens (tertiary/aromatic N) is 2. The average molecular weight is 253 g/mol. The van der Waals surface area contributed by atoms with Crippen LogP contribution in [-0.4, -0.2) is 74.4 Å². The molecular formula is C14H27N3O. The summed E-state index contributed by atoms with van der Waals surface area (Å²) in [6.07, 6.45) is 5.75. The zero-order chi connectivity index (χ0) is 12.4. The number of nitrogens with one attached hydrogen (secondary N) is 1. The Balaban J connectivity index is 1.46. The van der Waals surface area contributed by atoms with Crippen LogP contribution in [0.5, 0.6) is 0 Å². The maximum absolute atomic E-state index is 5.55. The second-order valence-corrected chi connectivity index (χ2v) is 6.06. The normalized spacial score (nSPS) is 36.5. The van der Waals surface area contributed by atoms with Gasteiger partial charge in [0.2, 0.25) is 0 Å². The summed E-state index contributed by atoms with van der Waals surface area (Å²) in [5.41, 5.74) is 0. The fourth-order valence-corrected chi connectivity index (χ4v) is 3.67. The van der Waals surface area contributed by atoms with Crippen molar-refractivity contribution in [2.75, 3.05) is 46.4 Å². The quantitative estimate of drug-likeness (QED) is 0.794. The van der Waals surface area contributed by atoms with Gasteiger partial charge in [-0.25, -0.2) is 0 Å². The molecule has 1 saturated carbocycles. The van der Waals surface area contributed by atoms with Crippen molar-refractivity contribution in [2.24, 2.45) is 0 Å². The molecule has 0 spiro atoms. The first-order chi connectivity index (χ1) is 8.86. The molecule has 0 aromatic heterocycles. The Hall–Kier alpha value is -0.160. The largest absolute Gasteiger partial charge is 0.381 e. The molecule has 2 heterocycles. The number of hydrogen-bond acceptors (Lipinski definition) is 4. The van der Waals surface area contributed by atoms with Gasteiger partial charge in [-0.3, -0.25) is 9.80 Å². The zero-order valence-electron chi connectivity index (χ0n) is 11.6. The molecule has 3 rings (SSSR count). The number of rotatable bonds is 3. The Morgan fingerprint density at radius 3 is 2.17 bits per heavy atom. The minimum Gasteiger partial charge on any atom is -0.381 e. The van der Waals surface area contributed by atoms with E-state index in [1.165, 1.54) is 65.0 Å². The Kier molecular flexibility index (Phi) is 4.19. The summed E-state index contributed by atoms with van der Waals surface area (Å²) in [5.74, 6) is 0. The van der Waals surface area contributed by atoms with Crippen LogP contribution in [0.3, 0.4) is 0 Å². The third-order valence-corrected chi connectivity index (χ3v) is 5.07. The standard InChI is InChI=1S/C14H27N3O/c1-18-14-4-2-3-12(9-14)16-5-7-17(8-6-16)13-10-15-11-13/h12-15H,2-11H2,1H3. The molecule has 3 aliphatic rings. The molecule has 0 bridgehead atoms. The lowest BCUT2D eigenvalue weighted by Gasteiger charge is -2.46. The topological polar surface area (TPSA) is 27.7 Å². The van der Waals surface area contributed by atoms with Crippen LogP contribution in [0.25, 0.3) is 0 Å². The summed E-state index contributed by atoms with van der Waals surface area (Å²) in [6, 6.07) is 1.61. The van der Waals surface area contributed by atoms with Crippen LogP contribution in [0.2, 0.25) is 0 Å². The molecule has 2 unspecified atom stereocenters. The highest BCUT2D eigenvalue weighted by Crippen LogP contribution is 2.26. The molecule has 0 aromatic rings. The fourth-order valence-electron chi connectivity index (χ4n) is 3.67. The smallest absolute Gasteiger partial charge is 0.0586 e. The average Bonchev–Trinajstić information content (AvgIpc) is 2.38. The van der Waals surface area contributed by atoms with Crippen LogP contribution in [0.15, 0.2) is 0 Å². The molecule has 0 aromatic carbocycles. The number of hydrogen-bond donors (Lipinski definition) is 1. The summed E-state index contributed by atoms with van der Waals surface area (Å²) >= 11 is 0. The molecular weight excluding hydrogens is 226 g/mol. The SMILES string of the molecule is COC1CCCC(N2CCN(C3CNC3)CC2)C1. The van der Waals surface area contributed by atoms with Gasteiger partial charge >= 0.3 is 0 Å². The van der Waals surface area contributed by atoms with Crippen molar-refractivity contribution in [1.29, 1.82) is 0 Å². The van der Waals surface area contributed by atoms with Gasteiger partial charge in [-0.2, -0.15) is 0 Å². The van der Waals surface area contributed by atoms with E-state index in [9.17, 15) is 0 Å². The van der Waals surface area contributed by atoms with Crippen molar-refractivity contribution in [3.05, 3.63) is 0 Å². The number of piperazine rings is 1. The van der Waals surface area contributed by atoms with Crippen LogP contribution >= 0.6 is 0 Å². The Labute approximate surface area is 111 Å². The molecule has 104 valence electrons. The van der Waals surface area contributed by atoms with Gasteiger partial charge in [0, 0.05) is 58.5 Å². The van der Waals surface area contributed by atoms with Crippen LogP contribution in [0.4, 0.5) is 0 Å². The Bertz CT molecular complexity index is 262. The minimum absolute atomic E-state index is 0.512. The van der Waals surface area contributed by atoms with Gasteiger partial charge < -0.3 is 10.1 Å². The Morgan fingerprint density at radius 2 is 1.61 bits per heavy atom. The van der Waals surface area contributed by atoms with Gasteiger partial charge in [0.15, 0.2) is 0 Å². The van der Waals surface area contributed by atoms with Crippen LogP contribution in [-0.2, 0) is 4.74 Å². The number of ether oxygens (including phenoxy) is 1. The molecule has 0 amide bonds. The van der Waals surface area contributed by atoms with E-state index in [-0.39, 0.29) is 0 Å². The predicted octanol–water partition coefficient (Wildman–Crippen LogP) is 0.533. The van der Waals surface area contributed by atoms with Gasteiger partial charge in [-0.05, 0) is 25.7 Å². The lowest BCUT2D eigenvalue weighted by molar-refractivity contribution is 0.000916. The molecule has 1 N–H and O–H groups in total. The zero-order valence-corrected chi connectivity index (χ0v) is 11.6. The first-order valence-corrected chi connectivity index (χ1v) is 7.58. The van der Waals surface area contributed by atoms with E-state index in [0.717, 1.165) is 12.1 Å². The van der Waals surface area contributed by atoms with Crippen LogP contribution < -0.4 is 5.32 Å². The van der Waals surface area contributed by atoms with E-state index in [2.05, 4.69) is 15.1 Å². The van der Waals surface area contributed by atoms with Crippen molar-refractivity contribution in [3.63, 3.8) is 0 Å². The minimum atomic E-state index is 0.512. The molecule has 2 atom stereocenters. The highest BCUT2D eigenvalue weighted by molar-refractivity contribution is 4.90. The monoisotopic (exact) mass is 253 g/mol. The van der Waals surface area contributed by atoms with E-state index < -0.39 is 0 Å².